The van der Waals surface area contributed by atoms with Crippen molar-refractivity contribution >= 4 is 11.8 Å². The number of benzene rings is 2. The summed E-state index contributed by atoms with van der Waals surface area (Å²) in [5.41, 5.74) is 3.58. The van der Waals surface area contributed by atoms with Crippen molar-refractivity contribution in [2.75, 3.05) is 13.1 Å². The molecule has 35 heavy (non-hydrogen) atoms. The van der Waals surface area contributed by atoms with Gasteiger partial charge in [0.2, 0.25) is 11.8 Å². The highest BCUT2D eigenvalue weighted by Crippen LogP contribution is 2.38. The molecular formula is C28H33N3O4. The topological polar surface area (TPSA) is 84.7 Å². The van der Waals surface area contributed by atoms with E-state index in [1.807, 2.05) is 62.9 Å². The van der Waals surface area contributed by atoms with Crippen molar-refractivity contribution in [2.45, 2.75) is 46.8 Å². The number of carbonyl (C=O) groups excluding carboxylic acids is 2. The second kappa shape index (κ2) is 10.8. The molecule has 2 amide bonds. The van der Waals surface area contributed by atoms with E-state index in [1.54, 1.807) is 0 Å². The minimum Gasteiger partial charge on any atom is -0.484 e. The monoisotopic (exact) mass is 475 g/mol. The van der Waals surface area contributed by atoms with Gasteiger partial charge < -0.3 is 19.4 Å². The molecule has 7 nitrogen and oxygen atoms in total. The molecule has 1 N–H and O–H groups in total. The summed E-state index contributed by atoms with van der Waals surface area (Å²) in [6.45, 7) is 9.29. The lowest BCUT2D eigenvalue weighted by Gasteiger charge is -2.39. The molecule has 1 aromatic heterocycles. The number of hydrogen-bond donors (Lipinski definition) is 1. The second-order valence-electron chi connectivity index (χ2n) is 9.63. The van der Waals surface area contributed by atoms with Gasteiger partial charge in [0.15, 0.2) is 12.3 Å². The van der Waals surface area contributed by atoms with Crippen molar-refractivity contribution in [1.29, 1.82) is 0 Å². The maximum absolute atomic E-state index is 13.1. The van der Waals surface area contributed by atoms with Crippen LogP contribution in [0.3, 0.4) is 0 Å². The highest BCUT2D eigenvalue weighted by Gasteiger charge is 2.33. The van der Waals surface area contributed by atoms with Crippen LogP contribution < -0.4 is 10.1 Å². The molecule has 0 bridgehead atoms. The van der Waals surface area contributed by atoms with Crippen LogP contribution in [0.1, 0.15) is 66.8 Å². The molecule has 0 radical (unpaired) electrons. The fourth-order valence-electron chi connectivity index (χ4n) is 4.26. The summed E-state index contributed by atoms with van der Waals surface area (Å²) < 4.78 is 11.4. The third-order valence-corrected chi connectivity index (χ3v) is 6.06. The van der Waals surface area contributed by atoms with Crippen LogP contribution in [0.4, 0.5) is 0 Å². The molecule has 3 aromatic rings. The van der Waals surface area contributed by atoms with Crippen LogP contribution in [0.2, 0.25) is 0 Å². The van der Waals surface area contributed by atoms with E-state index < -0.39 is 0 Å². The summed E-state index contributed by atoms with van der Waals surface area (Å²) in [6, 6.07) is 15.9. The third-order valence-electron chi connectivity index (χ3n) is 6.06. The number of rotatable bonds is 8. The number of amides is 2. The average molecular weight is 476 g/mol. The lowest BCUT2D eigenvalue weighted by molar-refractivity contribution is -0.136. The molecule has 0 unspecified atom stereocenters. The minimum atomic E-state index is -0.261. The van der Waals surface area contributed by atoms with E-state index in [-0.39, 0.29) is 36.1 Å². The molecule has 0 saturated heterocycles. The fourth-order valence-corrected chi connectivity index (χ4v) is 4.26. The molecule has 1 aliphatic heterocycles. The van der Waals surface area contributed by atoms with Gasteiger partial charge in [-0.05, 0) is 41.2 Å². The maximum atomic E-state index is 13.1. The summed E-state index contributed by atoms with van der Waals surface area (Å²) in [7, 11) is 0. The Hall–Kier alpha value is -3.61. The molecule has 184 valence electrons. The molecule has 1 atom stereocenters. The van der Waals surface area contributed by atoms with E-state index in [4.69, 9.17) is 9.15 Å². The Bertz CT molecular complexity index is 1170. The smallest absolute Gasteiger partial charge is 0.273 e. The Morgan fingerprint density at radius 2 is 1.91 bits per heavy atom. The summed E-state index contributed by atoms with van der Waals surface area (Å²) >= 11 is 0. The lowest BCUT2D eigenvalue weighted by atomic mass is 9.87. The van der Waals surface area contributed by atoms with Crippen LogP contribution in [0, 0.1) is 11.8 Å². The van der Waals surface area contributed by atoms with E-state index in [2.05, 4.69) is 28.5 Å². The molecule has 2 heterocycles. The highest BCUT2D eigenvalue weighted by molar-refractivity contribution is 5.91. The first-order valence-electron chi connectivity index (χ1n) is 12.2. The third kappa shape index (κ3) is 5.73. The Morgan fingerprint density at radius 3 is 2.63 bits per heavy atom. The van der Waals surface area contributed by atoms with Crippen LogP contribution in [0.5, 0.6) is 5.75 Å². The number of aromatic nitrogens is 1. The molecule has 0 fully saturated rings. The fraction of sp³-hybridized carbons (Fsp3) is 0.393. The van der Waals surface area contributed by atoms with Crippen LogP contribution in [-0.2, 0) is 17.8 Å². The number of carbonyl (C=O) groups is 2. The maximum Gasteiger partial charge on any atom is 0.273 e. The molecule has 1 aliphatic rings. The van der Waals surface area contributed by atoms with Crippen LogP contribution >= 0.6 is 0 Å². The van der Waals surface area contributed by atoms with Crippen molar-refractivity contribution < 1.29 is 18.7 Å². The van der Waals surface area contributed by atoms with Crippen LogP contribution in [0.25, 0.3) is 0 Å². The number of nitrogens with zero attached hydrogens (tertiary/aromatic N) is 2. The summed E-state index contributed by atoms with van der Waals surface area (Å²) in [4.78, 5) is 31.5. The number of fused-ring (bicyclic) bond motifs is 1. The number of ether oxygens (including phenoxy) is 1. The number of nitrogens with one attached hydrogen (secondary N) is 1. The Morgan fingerprint density at radius 1 is 1.14 bits per heavy atom. The molecular weight excluding hydrogens is 442 g/mol. The SMILES string of the molecule is CC(C)CNC(=O)c1coc(COc2ccc3c(c2)[C@@H](c2ccccc2)N(C(=O)C(C)C)CC3)n1. The van der Waals surface area contributed by atoms with E-state index in [1.165, 1.54) is 11.8 Å². The van der Waals surface area contributed by atoms with Crippen LogP contribution in [0.15, 0.2) is 59.2 Å². The predicted molar refractivity (Wildman–Crippen MR) is 133 cm³/mol. The Kier molecular flexibility index (Phi) is 7.54. The Balaban J connectivity index is 1.53. The molecule has 7 heteroatoms. The lowest BCUT2D eigenvalue weighted by Crippen LogP contribution is -2.42. The summed E-state index contributed by atoms with van der Waals surface area (Å²) in [5, 5.41) is 2.83. The second-order valence-corrected chi connectivity index (χ2v) is 9.63. The highest BCUT2D eigenvalue weighted by atomic mass is 16.5. The quantitative estimate of drug-likeness (QED) is 0.507. The van der Waals surface area contributed by atoms with Crippen molar-refractivity contribution in [2.24, 2.45) is 11.8 Å². The number of oxazole rings is 1. The first-order chi connectivity index (χ1) is 16.8. The van der Waals surface area contributed by atoms with E-state index >= 15 is 0 Å². The Labute approximate surface area is 206 Å². The van der Waals surface area contributed by atoms with Gasteiger partial charge in [0.1, 0.15) is 12.0 Å². The van der Waals surface area contributed by atoms with Crippen LogP contribution in [-0.4, -0.2) is 34.8 Å². The van der Waals surface area contributed by atoms with Crippen molar-refractivity contribution in [1.82, 2.24) is 15.2 Å². The zero-order valence-electron chi connectivity index (χ0n) is 20.8. The largest absolute Gasteiger partial charge is 0.484 e. The van der Waals surface area contributed by atoms with E-state index in [9.17, 15) is 9.59 Å². The molecule has 0 aliphatic carbocycles. The van der Waals surface area contributed by atoms with Crippen molar-refractivity contribution in [3.63, 3.8) is 0 Å². The van der Waals surface area contributed by atoms with Gasteiger partial charge in [-0.15, -0.1) is 0 Å². The van der Waals surface area contributed by atoms with Crippen molar-refractivity contribution in [3.8, 4) is 5.75 Å². The molecule has 2 aromatic carbocycles. The van der Waals surface area contributed by atoms with E-state index in [0.717, 1.165) is 17.5 Å². The van der Waals surface area contributed by atoms with Gasteiger partial charge in [0.05, 0.1) is 6.04 Å². The molecule has 0 saturated carbocycles. The first-order valence-corrected chi connectivity index (χ1v) is 12.2. The minimum absolute atomic E-state index is 0.0841. The molecule has 4 rings (SSSR count). The zero-order chi connectivity index (χ0) is 24.9. The average Bonchev–Trinajstić information content (AvgIpc) is 3.34. The van der Waals surface area contributed by atoms with Gasteiger partial charge in [-0.25, -0.2) is 4.98 Å². The van der Waals surface area contributed by atoms with Crippen molar-refractivity contribution in [3.05, 3.63) is 83.1 Å². The standard InChI is InChI=1S/C28H33N3O4/c1-18(2)15-29-27(32)24-16-35-25(30-24)17-34-22-11-10-20-12-13-31(28(33)19(3)4)26(23(20)14-22)21-8-6-5-7-9-21/h5-11,14,16,18-19,26H,12-13,15,17H2,1-4H3,(H,29,32)/t26-/m1/s1. The van der Waals surface area contributed by atoms with Gasteiger partial charge in [0, 0.05) is 19.0 Å². The van der Waals surface area contributed by atoms with Gasteiger partial charge in [0.25, 0.3) is 5.91 Å². The van der Waals surface area contributed by atoms with Gasteiger partial charge >= 0.3 is 0 Å². The van der Waals surface area contributed by atoms with E-state index in [0.29, 0.717) is 30.6 Å². The molecule has 0 spiro atoms. The van der Waals surface area contributed by atoms with Gasteiger partial charge in [-0.1, -0.05) is 64.1 Å². The first kappa shape index (κ1) is 24.5. The zero-order valence-corrected chi connectivity index (χ0v) is 20.8. The predicted octanol–water partition coefficient (Wildman–Crippen LogP) is 4.77. The van der Waals surface area contributed by atoms with Gasteiger partial charge in [-0.3, -0.25) is 9.59 Å². The van der Waals surface area contributed by atoms with Gasteiger partial charge in [-0.2, -0.15) is 0 Å². The summed E-state index contributed by atoms with van der Waals surface area (Å²) in [6.07, 6.45) is 2.15. The summed E-state index contributed by atoms with van der Waals surface area (Å²) in [5.74, 6) is 1.13. The number of hydrogen-bond acceptors (Lipinski definition) is 5. The normalized spacial score (nSPS) is 15.3.